The van der Waals surface area contributed by atoms with Gasteiger partial charge >= 0.3 is 10.1 Å². The molecule has 0 atom stereocenters. The Bertz CT molecular complexity index is 802. The van der Waals surface area contributed by atoms with Crippen molar-refractivity contribution in [2.45, 2.75) is 26.2 Å². The number of hydrogen-bond acceptors (Lipinski definition) is 4. The van der Waals surface area contributed by atoms with Gasteiger partial charge in [-0.25, -0.2) is 0 Å². The Hall–Kier alpha value is -2.01. The molecule has 5 heteroatoms. The van der Waals surface area contributed by atoms with Gasteiger partial charge in [0.15, 0.2) is 0 Å². The molecule has 4 nitrogen and oxygen atoms in total. The van der Waals surface area contributed by atoms with Gasteiger partial charge in [-0.1, -0.05) is 45.0 Å². The molecule has 0 amide bonds. The van der Waals surface area contributed by atoms with Crippen molar-refractivity contribution in [2.24, 2.45) is 0 Å². The summed E-state index contributed by atoms with van der Waals surface area (Å²) >= 11 is 0. The fourth-order valence-corrected chi connectivity index (χ4v) is 2.74. The van der Waals surface area contributed by atoms with Crippen LogP contribution in [0.15, 0.2) is 42.5 Å². The van der Waals surface area contributed by atoms with Gasteiger partial charge in [0.25, 0.3) is 0 Å². The lowest BCUT2D eigenvalue weighted by molar-refractivity contribution is 0.416. The van der Waals surface area contributed by atoms with Gasteiger partial charge in [0.05, 0.1) is 13.4 Å². The summed E-state index contributed by atoms with van der Waals surface area (Å²) in [6.45, 7) is 6.20. The zero-order valence-corrected chi connectivity index (χ0v) is 14.9. The summed E-state index contributed by atoms with van der Waals surface area (Å²) in [6.07, 6.45) is 1.04. The first-order chi connectivity index (χ1) is 10.6. The number of rotatable bonds is 4. The summed E-state index contributed by atoms with van der Waals surface area (Å²) < 4.78 is 33.5. The Kier molecular flexibility index (Phi) is 4.71. The molecule has 0 spiro atoms. The molecule has 0 bridgehead atoms. The summed E-state index contributed by atoms with van der Waals surface area (Å²) in [7, 11) is -1.97. The Labute approximate surface area is 138 Å². The van der Waals surface area contributed by atoms with Crippen molar-refractivity contribution < 1.29 is 17.3 Å². The Morgan fingerprint density at radius 1 is 1.00 bits per heavy atom. The molecule has 0 saturated carbocycles. The second kappa shape index (κ2) is 6.24. The molecule has 0 aliphatic rings. The van der Waals surface area contributed by atoms with E-state index in [-0.39, 0.29) is 5.41 Å². The fourth-order valence-electron chi connectivity index (χ4n) is 2.29. The summed E-state index contributed by atoms with van der Waals surface area (Å²) in [5.41, 5.74) is 2.58. The van der Waals surface area contributed by atoms with Crippen molar-refractivity contribution in [1.29, 1.82) is 0 Å². The minimum Gasteiger partial charge on any atom is -0.496 e. The Morgan fingerprint density at radius 2 is 1.65 bits per heavy atom. The first-order valence-electron chi connectivity index (χ1n) is 7.28. The van der Waals surface area contributed by atoms with E-state index < -0.39 is 10.1 Å². The van der Waals surface area contributed by atoms with Crippen LogP contribution in [0.4, 0.5) is 0 Å². The summed E-state index contributed by atoms with van der Waals surface area (Å²) in [5.74, 6) is 1.03. The molecule has 23 heavy (non-hydrogen) atoms. The van der Waals surface area contributed by atoms with Crippen LogP contribution in [0.5, 0.6) is 11.5 Å². The monoisotopic (exact) mass is 334 g/mol. The Balaban J connectivity index is 2.65. The van der Waals surface area contributed by atoms with Gasteiger partial charge < -0.3 is 8.92 Å². The molecule has 2 rings (SSSR count). The molecule has 0 saturated heterocycles. The van der Waals surface area contributed by atoms with Gasteiger partial charge in [0, 0.05) is 5.56 Å². The van der Waals surface area contributed by atoms with Crippen LogP contribution in [-0.2, 0) is 15.5 Å². The molecule has 0 heterocycles. The highest BCUT2D eigenvalue weighted by Gasteiger charge is 2.18. The predicted molar refractivity (Wildman–Crippen MR) is 92.6 cm³/mol. The highest BCUT2D eigenvalue weighted by molar-refractivity contribution is 7.86. The fraction of sp³-hybridized carbons (Fsp3) is 0.333. The van der Waals surface area contributed by atoms with Crippen LogP contribution in [-0.4, -0.2) is 21.8 Å². The lowest BCUT2D eigenvalue weighted by Gasteiger charge is -2.21. The van der Waals surface area contributed by atoms with E-state index in [1.165, 1.54) is 0 Å². The first kappa shape index (κ1) is 17.3. The highest BCUT2D eigenvalue weighted by Crippen LogP contribution is 2.36. The topological polar surface area (TPSA) is 52.6 Å². The van der Waals surface area contributed by atoms with Crippen molar-refractivity contribution in [1.82, 2.24) is 0 Å². The van der Waals surface area contributed by atoms with E-state index in [1.54, 1.807) is 19.2 Å². The van der Waals surface area contributed by atoms with Gasteiger partial charge in [-0.05, 0) is 34.7 Å². The second-order valence-electron chi connectivity index (χ2n) is 6.48. The third kappa shape index (κ3) is 4.48. The molecule has 2 aromatic carbocycles. The smallest absolute Gasteiger partial charge is 0.306 e. The van der Waals surface area contributed by atoms with Crippen LogP contribution < -0.4 is 8.92 Å². The Morgan fingerprint density at radius 3 is 2.22 bits per heavy atom. The number of methoxy groups -OCH3 is 1. The molecule has 124 valence electrons. The molecule has 0 N–H and O–H groups in total. The zero-order valence-electron chi connectivity index (χ0n) is 14.1. The van der Waals surface area contributed by atoms with Crippen molar-refractivity contribution in [2.75, 3.05) is 13.4 Å². The normalized spacial score (nSPS) is 12.0. The minimum absolute atomic E-state index is 0.145. The number of para-hydroxylation sites is 1. The van der Waals surface area contributed by atoms with E-state index >= 15 is 0 Å². The molecule has 0 aromatic heterocycles. The molecule has 0 unspecified atom stereocenters. The van der Waals surface area contributed by atoms with E-state index in [0.717, 1.165) is 28.7 Å². The molecular formula is C18H22O4S. The molecule has 0 radical (unpaired) electrons. The predicted octanol–water partition coefficient (Wildman–Crippen LogP) is 4.00. The quantitative estimate of drug-likeness (QED) is 0.793. The molecule has 0 aliphatic carbocycles. The van der Waals surface area contributed by atoms with Crippen molar-refractivity contribution >= 4 is 10.1 Å². The number of ether oxygens (including phenoxy) is 1. The van der Waals surface area contributed by atoms with Crippen molar-refractivity contribution in [3.8, 4) is 22.6 Å². The van der Waals surface area contributed by atoms with Crippen LogP contribution in [0.3, 0.4) is 0 Å². The largest absolute Gasteiger partial charge is 0.496 e. The first-order valence-corrected chi connectivity index (χ1v) is 9.10. The van der Waals surface area contributed by atoms with Crippen LogP contribution >= 0.6 is 0 Å². The number of benzene rings is 2. The average molecular weight is 334 g/mol. The van der Waals surface area contributed by atoms with Crippen LogP contribution in [0.1, 0.15) is 26.3 Å². The van der Waals surface area contributed by atoms with E-state index in [4.69, 9.17) is 8.92 Å². The minimum atomic E-state index is -3.59. The number of hydrogen-bond donors (Lipinski definition) is 0. The molecule has 2 aromatic rings. The third-order valence-electron chi connectivity index (χ3n) is 3.44. The van der Waals surface area contributed by atoms with Crippen LogP contribution in [0.25, 0.3) is 11.1 Å². The summed E-state index contributed by atoms with van der Waals surface area (Å²) in [4.78, 5) is 0. The summed E-state index contributed by atoms with van der Waals surface area (Å²) in [6, 6.07) is 13.1. The van der Waals surface area contributed by atoms with E-state index in [9.17, 15) is 8.42 Å². The summed E-state index contributed by atoms with van der Waals surface area (Å²) in [5, 5.41) is 0. The van der Waals surface area contributed by atoms with Gasteiger partial charge in [0.1, 0.15) is 11.5 Å². The van der Waals surface area contributed by atoms with Crippen LogP contribution in [0.2, 0.25) is 0 Å². The standard InChI is InChI=1S/C18H22O4S/c1-18(2,3)14-10-13(11-15(12-14)22-23(5,19)20)16-8-6-7-9-17(16)21-4/h6-12H,1-5H3. The van der Waals surface area contributed by atoms with Crippen molar-refractivity contribution in [3.05, 3.63) is 48.0 Å². The van der Waals surface area contributed by atoms with E-state index in [0.29, 0.717) is 5.75 Å². The maximum atomic E-state index is 11.5. The SMILES string of the molecule is COc1ccccc1-c1cc(OS(C)(=O)=O)cc(C(C)(C)C)c1. The molecule has 0 fully saturated rings. The zero-order chi connectivity index (χ0) is 17.3. The lowest BCUT2D eigenvalue weighted by atomic mass is 9.85. The van der Waals surface area contributed by atoms with E-state index in [1.807, 2.05) is 30.3 Å². The van der Waals surface area contributed by atoms with Gasteiger partial charge in [-0.2, -0.15) is 8.42 Å². The van der Waals surface area contributed by atoms with E-state index in [2.05, 4.69) is 20.8 Å². The van der Waals surface area contributed by atoms with Gasteiger partial charge in [-0.15, -0.1) is 0 Å². The van der Waals surface area contributed by atoms with Gasteiger partial charge in [0.2, 0.25) is 0 Å². The maximum Gasteiger partial charge on any atom is 0.306 e. The van der Waals surface area contributed by atoms with Crippen molar-refractivity contribution in [3.63, 3.8) is 0 Å². The maximum absolute atomic E-state index is 11.5. The molecular weight excluding hydrogens is 312 g/mol. The third-order valence-corrected chi connectivity index (χ3v) is 3.93. The highest BCUT2D eigenvalue weighted by atomic mass is 32.2. The van der Waals surface area contributed by atoms with Gasteiger partial charge in [-0.3, -0.25) is 0 Å². The van der Waals surface area contributed by atoms with Crippen LogP contribution in [0, 0.1) is 0 Å². The lowest BCUT2D eigenvalue weighted by Crippen LogP contribution is -2.12. The molecule has 0 aliphatic heterocycles. The average Bonchev–Trinajstić information content (AvgIpc) is 2.44. The second-order valence-corrected chi connectivity index (χ2v) is 8.06.